The topological polar surface area (TPSA) is 105 Å². The van der Waals surface area contributed by atoms with Crippen molar-refractivity contribution in [2.45, 2.75) is 6.61 Å². The number of anilines is 1. The summed E-state index contributed by atoms with van der Waals surface area (Å²) in [5.41, 5.74) is 1.22. The molecule has 0 atom stereocenters. The number of benzene rings is 2. The van der Waals surface area contributed by atoms with E-state index in [4.69, 9.17) is 4.74 Å². The second-order valence-corrected chi connectivity index (χ2v) is 6.81. The van der Waals surface area contributed by atoms with Crippen LogP contribution in [-0.2, 0) is 25.7 Å². The molecule has 162 valence electrons. The second-order valence-electron chi connectivity index (χ2n) is 6.81. The highest BCUT2D eigenvalue weighted by molar-refractivity contribution is 6.39. The predicted molar refractivity (Wildman–Crippen MR) is 111 cm³/mol. The molecule has 0 unspecified atom stereocenters. The number of carbonyl (C=O) groups is 4. The second kappa shape index (κ2) is 10.2. The number of para-hydroxylation sites is 1. The Hall–Kier alpha value is -3.88. The fraction of sp³-hybridized carbons (Fsp3) is 0.273. The fourth-order valence-electron chi connectivity index (χ4n) is 3.10. The van der Waals surface area contributed by atoms with E-state index < -0.39 is 23.9 Å². The molecular weight excluding hydrogens is 402 g/mol. The Morgan fingerprint density at radius 3 is 2.16 bits per heavy atom. The van der Waals surface area contributed by atoms with Crippen molar-refractivity contribution in [2.24, 2.45) is 0 Å². The molecule has 9 nitrogen and oxygen atoms in total. The average Bonchev–Trinajstić information content (AvgIpc) is 2.82. The molecule has 1 N–H and O–H groups in total. The van der Waals surface area contributed by atoms with E-state index in [0.717, 1.165) is 5.56 Å². The van der Waals surface area contributed by atoms with Gasteiger partial charge in [0.25, 0.3) is 0 Å². The number of ether oxygens (including phenoxy) is 2. The summed E-state index contributed by atoms with van der Waals surface area (Å²) in [5, 5.41) is 2.46. The highest BCUT2D eigenvalue weighted by Crippen LogP contribution is 2.16. The smallest absolute Gasteiger partial charge is 0.410 e. The minimum Gasteiger partial charge on any atom is -0.465 e. The zero-order chi connectivity index (χ0) is 22.2. The Kier molecular flexibility index (Phi) is 7.21. The van der Waals surface area contributed by atoms with Gasteiger partial charge in [-0.25, -0.2) is 9.59 Å². The minimum atomic E-state index is -0.864. The van der Waals surface area contributed by atoms with Crippen LogP contribution in [0.1, 0.15) is 15.9 Å². The lowest BCUT2D eigenvalue weighted by Gasteiger charge is -2.33. The highest BCUT2D eigenvalue weighted by Gasteiger charge is 2.29. The van der Waals surface area contributed by atoms with E-state index in [1.165, 1.54) is 29.0 Å². The Morgan fingerprint density at radius 2 is 1.48 bits per heavy atom. The number of nitrogens with zero attached hydrogens (tertiary/aromatic N) is 2. The maximum absolute atomic E-state index is 12.5. The summed E-state index contributed by atoms with van der Waals surface area (Å²) in [6, 6.07) is 15.6. The molecule has 2 aromatic rings. The van der Waals surface area contributed by atoms with Crippen LogP contribution in [0.25, 0.3) is 0 Å². The van der Waals surface area contributed by atoms with Gasteiger partial charge in [-0.3, -0.25) is 9.59 Å². The lowest BCUT2D eigenvalue weighted by Crippen LogP contribution is -2.53. The zero-order valence-electron chi connectivity index (χ0n) is 17.1. The van der Waals surface area contributed by atoms with Crippen LogP contribution in [0.4, 0.5) is 10.5 Å². The third kappa shape index (κ3) is 5.59. The van der Waals surface area contributed by atoms with Gasteiger partial charge in [0.15, 0.2) is 0 Å². The fourth-order valence-corrected chi connectivity index (χ4v) is 3.10. The van der Waals surface area contributed by atoms with E-state index in [-0.39, 0.29) is 44.0 Å². The van der Waals surface area contributed by atoms with Crippen molar-refractivity contribution >= 4 is 29.6 Å². The minimum absolute atomic E-state index is 0.150. The summed E-state index contributed by atoms with van der Waals surface area (Å²) in [7, 11) is 1.23. The third-order valence-electron chi connectivity index (χ3n) is 4.81. The van der Waals surface area contributed by atoms with Gasteiger partial charge in [-0.2, -0.15) is 0 Å². The Bertz CT molecular complexity index is 955. The van der Waals surface area contributed by atoms with E-state index in [1.54, 1.807) is 12.1 Å². The molecule has 1 saturated heterocycles. The van der Waals surface area contributed by atoms with E-state index >= 15 is 0 Å². The van der Waals surface area contributed by atoms with Gasteiger partial charge >= 0.3 is 23.9 Å². The first-order valence-corrected chi connectivity index (χ1v) is 9.73. The van der Waals surface area contributed by atoms with Crippen molar-refractivity contribution < 1.29 is 28.7 Å². The number of methoxy groups -OCH3 is 1. The molecule has 0 spiro atoms. The van der Waals surface area contributed by atoms with Crippen LogP contribution in [0.15, 0.2) is 54.6 Å². The van der Waals surface area contributed by atoms with Gasteiger partial charge in [0.05, 0.1) is 18.4 Å². The van der Waals surface area contributed by atoms with Gasteiger partial charge in [-0.1, -0.05) is 42.5 Å². The van der Waals surface area contributed by atoms with Gasteiger partial charge in [0.1, 0.15) is 6.61 Å². The summed E-state index contributed by atoms with van der Waals surface area (Å²) in [5.74, 6) is -2.22. The molecule has 3 amide bonds. The van der Waals surface area contributed by atoms with Crippen LogP contribution in [0.2, 0.25) is 0 Å². The number of nitrogens with one attached hydrogen (secondary N) is 1. The first kappa shape index (κ1) is 21.8. The molecule has 1 aliphatic heterocycles. The van der Waals surface area contributed by atoms with Crippen LogP contribution >= 0.6 is 0 Å². The number of hydrogen-bond acceptors (Lipinski definition) is 6. The maximum Gasteiger partial charge on any atom is 0.410 e. The van der Waals surface area contributed by atoms with Crippen molar-refractivity contribution in [3.8, 4) is 0 Å². The zero-order valence-corrected chi connectivity index (χ0v) is 17.1. The number of carbonyl (C=O) groups excluding carboxylic acids is 4. The summed E-state index contributed by atoms with van der Waals surface area (Å²) in [6.45, 7) is 1.08. The number of piperazine rings is 1. The molecule has 0 aromatic heterocycles. The van der Waals surface area contributed by atoms with Crippen LogP contribution in [0, 0.1) is 0 Å². The van der Waals surface area contributed by atoms with Gasteiger partial charge in [0, 0.05) is 26.2 Å². The molecule has 31 heavy (non-hydrogen) atoms. The monoisotopic (exact) mass is 425 g/mol. The molecule has 0 radical (unpaired) electrons. The van der Waals surface area contributed by atoms with Gasteiger partial charge in [-0.05, 0) is 17.7 Å². The molecule has 1 fully saturated rings. The Balaban J connectivity index is 1.50. The van der Waals surface area contributed by atoms with E-state index in [2.05, 4.69) is 10.1 Å². The number of hydrogen-bond donors (Lipinski definition) is 1. The number of amides is 3. The normalized spacial score (nSPS) is 13.3. The number of esters is 1. The summed E-state index contributed by atoms with van der Waals surface area (Å²) < 4.78 is 9.98. The van der Waals surface area contributed by atoms with E-state index in [1.807, 2.05) is 30.3 Å². The molecule has 9 heteroatoms. The lowest BCUT2D eigenvalue weighted by atomic mass is 10.2. The highest BCUT2D eigenvalue weighted by atomic mass is 16.6. The van der Waals surface area contributed by atoms with E-state index in [9.17, 15) is 19.2 Å². The maximum atomic E-state index is 12.5. The molecule has 3 rings (SSSR count). The SMILES string of the molecule is COC(=O)c1ccccc1NC(=O)C(=O)N1CCN(C(=O)OCc2ccccc2)CC1. The quantitative estimate of drug-likeness (QED) is 0.593. The Labute approximate surface area is 179 Å². The lowest BCUT2D eigenvalue weighted by molar-refractivity contribution is -0.144. The van der Waals surface area contributed by atoms with Crippen molar-refractivity contribution in [2.75, 3.05) is 38.6 Å². The van der Waals surface area contributed by atoms with Gasteiger partial charge in [-0.15, -0.1) is 0 Å². The van der Waals surface area contributed by atoms with Gasteiger partial charge in [0.2, 0.25) is 0 Å². The van der Waals surface area contributed by atoms with Crippen molar-refractivity contribution in [3.05, 3.63) is 65.7 Å². The van der Waals surface area contributed by atoms with Crippen LogP contribution in [0.3, 0.4) is 0 Å². The van der Waals surface area contributed by atoms with Crippen LogP contribution in [-0.4, -0.2) is 67.0 Å². The van der Waals surface area contributed by atoms with E-state index in [0.29, 0.717) is 0 Å². The molecule has 1 heterocycles. The molecule has 0 bridgehead atoms. The van der Waals surface area contributed by atoms with Crippen molar-refractivity contribution in [1.29, 1.82) is 0 Å². The van der Waals surface area contributed by atoms with Crippen molar-refractivity contribution in [1.82, 2.24) is 9.80 Å². The predicted octanol–water partition coefficient (Wildman–Crippen LogP) is 1.89. The average molecular weight is 425 g/mol. The third-order valence-corrected chi connectivity index (χ3v) is 4.81. The molecule has 2 aromatic carbocycles. The summed E-state index contributed by atoms with van der Waals surface area (Å²) in [4.78, 5) is 51.8. The largest absolute Gasteiger partial charge is 0.465 e. The van der Waals surface area contributed by atoms with Crippen LogP contribution < -0.4 is 5.32 Å². The molecular formula is C22H23N3O6. The van der Waals surface area contributed by atoms with Gasteiger partial charge < -0.3 is 24.6 Å². The standard InChI is InChI=1S/C22H23N3O6/c1-30-21(28)17-9-5-6-10-18(17)23-19(26)20(27)24-11-13-25(14-12-24)22(29)31-15-16-7-3-2-4-8-16/h2-10H,11-15H2,1H3,(H,23,26). The first-order chi connectivity index (χ1) is 15.0. The Morgan fingerprint density at radius 1 is 0.871 bits per heavy atom. The molecule has 1 aliphatic rings. The molecule has 0 saturated carbocycles. The summed E-state index contributed by atoms with van der Waals surface area (Å²) >= 11 is 0. The van der Waals surface area contributed by atoms with Crippen LogP contribution in [0.5, 0.6) is 0 Å². The first-order valence-electron chi connectivity index (χ1n) is 9.73. The molecule has 0 aliphatic carbocycles. The van der Waals surface area contributed by atoms with Crippen molar-refractivity contribution in [3.63, 3.8) is 0 Å². The summed E-state index contributed by atoms with van der Waals surface area (Å²) in [6.07, 6.45) is -0.465. The number of rotatable bonds is 4.